The molecule has 0 aliphatic rings. The molecule has 0 bridgehead atoms. The minimum Gasteiger partial charge on any atom is -0.387 e. The van der Waals surface area contributed by atoms with E-state index in [-0.39, 0.29) is 5.69 Å². The van der Waals surface area contributed by atoms with Gasteiger partial charge in [0.2, 0.25) is 0 Å². The Hall–Kier alpha value is -2.43. The minimum absolute atomic E-state index is 0.183. The van der Waals surface area contributed by atoms with Gasteiger partial charge in [-0.1, -0.05) is 12.1 Å². The summed E-state index contributed by atoms with van der Waals surface area (Å²) < 4.78 is 26.6. The normalized spacial score (nSPS) is 10.2. The van der Waals surface area contributed by atoms with Crippen LogP contribution in [0.25, 0.3) is 0 Å². The summed E-state index contributed by atoms with van der Waals surface area (Å²) in [5.74, 6) is -2.57. The third-order valence-electron chi connectivity index (χ3n) is 2.89. The SMILES string of the molecule is CNc1cc(C)ccc1C(=O)Nc1cccc(F)c1F. The molecule has 5 heteroatoms. The summed E-state index contributed by atoms with van der Waals surface area (Å²) in [5.41, 5.74) is 1.79. The van der Waals surface area contributed by atoms with Crippen LogP contribution in [0.4, 0.5) is 20.2 Å². The first-order valence-corrected chi connectivity index (χ1v) is 6.06. The molecule has 0 atom stereocenters. The summed E-state index contributed by atoms with van der Waals surface area (Å²) >= 11 is 0. The second-order valence-electron chi connectivity index (χ2n) is 4.35. The van der Waals surface area contributed by atoms with Crippen LogP contribution in [0.5, 0.6) is 0 Å². The average Bonchev–Trinajstić information content (AvgIpc) is 2.43. The van der Waals surface area contributed by atoms with Crippen LogP contribution in [-0.2, 0) is 0 Å². The Morgan fingerprint density at radius 3 is 2.55 bits per heavy atom. The molecule has 0 spiro atoms. The fourth-order valence-corrected chi connectivity index (χ4v) is 1.85. The lowest BCUT2D eigenvalue weighted by atomic mass is 10.1. The first-order valence-electron chi connectivity index (χ1n) is 6.06. The van der Waals surface area contributed by atoms with Gasteiger partial charge < -0.3 is 10.6 Å². The number of aryl methyl sites for hydroxylation is 1. The van der Waals surface area contributed by atoms with E-state index >= 15 is 0 Å². The van der Waals surface area contributed by atoms with Gasteiger partial charge in [-0.05, 0) is 36.8 Å². The minimum atomic E-state index is -1.07. The van der Waals surface area contributed by atoms with Gasteiger partial charge in [0.05, 0.1) is 11.3 Å². The number of amides is 1. The third kappa shape index (κ3) is 2.77. The van der Waals surface area contributed by atoms with Crippen molar-refractivity contribution < 1.29 is 13.6 Å². The predicted molar refractivity (Wildman–Crippen MR) is 75.0 cm³/mol. The van der Waals surface area contributed by atoms with Crippen molar-refractivity contribution in [2.45, 2.75) is 6.92 Å². The van der Waals surface area contributed by atoms with Crippen molar-refractivity contribution >= 4 is 17.3 Å². The van der Waals surface area contributed by atoms with Crippen molar-refractivity contribution in [2.75, 3.05) is 17.7 Å². The number of halogens is 2. The highest BCUT2D eigenvalue weighted by molar-refractivity contribution is 6.08. The fraction of sp³-hybridized carbons (Fsp3) is 0.133. The van der Waals surface area contributed by atoms with Crippen molar-refractivity contribution in [3.05, 3.63) is 59.2 Å². The molecular formula is C15H14F2N2O. The summed E-state index contributed by atoms with van der Waals surface area (Å²) in [7, 11) is 1.69. The lowest BCUT2D eigenvalue weighted by Gasteiger charge is -2.11. The molecule has 0 aliphatic carbocycles. The van der Waals surface area contributed by atoms with Crippen molar-refractivity contribution in [2.24, 2.45) is 0 Å². The van der Waals surface area contributed by atoms with Crippen LogP contribution in [0.1, 0.15) is 15.9 Å². The molecule has 20 heavy (non-hydrogen) atoms. The maximum Gasteiger partial charge on any atom is 0.257 e. The summed E-state index contributed by atoms with van der Waals surface area (Å²) in [6, 6.07) is 8.85. The van der Waals surface area contributed by atoms with Crippen LogP contribution in [0.15, 0.2) is 36.4 Å². The largest absolute Gasteiger partial charge is 0.387 e. The molecule has 0 aliphatic heterocycles. The maximum atomic E-state index is 13.5. The first-order chi connectivity index (χ1) is 9.52. The molecule has 2 aromatic carbocycles. The molecule has 0 radical (unpaired) electrons. The van der Waals surface area contributed by atoms with Gasteiger partial charge in [0.15, 0.2) is 11.6 Å². The molecule has 2 aromatic rings. The molecule has 0 unspecified atom stereocenters. The smallest absolute Gasteiger partial charge is 0.257 e. The molecule has 2 N–H and O–H groups in total. The highest BCUT2D eigenvalue weighted by Crippen LogP contribution is 2.21. The fourth-order valence-electron chi connectivity index (χ4n) is 1.85. The van der Waals surface area contributed by atoms with Gasteiger partial charge >= 0.3 is 0 Å². The predicted octanol–water partition coefficient (Wildman–Crippen LogP) is 3.57. The Morgan fingerprint density at radius 2 is 1.85 bits per heavy atom. The van der Waals surface area contributed by atoms with E-state index in [9.17, 15) is 13.6 Å². The van der Waals surface area contributed by atoms with Gasteiger partial charge in [-0.25, -0.2) is 8.78 Å². The molecule has 0 saturated heterocycles. The molecule has 0 fully saturated rings. The Balaban J connectivity index is 2.31. The zero-order chi connectivity index (χ0) is 14.7. The number of hydrogen-bond donors (Lipinski definition) is 2. The average molecular weight is 276 g/mol. The number of carbonyl (C=O) groups excluding carboxylic acids is 1. The second-order valence-corrected chi connectivity index (χ2v) is 4.35. The van der Waals surface area contributed by atoms with Gasteiger partial charge in [-0.15, -0.1) is 0 Å². The van der Waals surface area contributed by atoms with Crippen molar-refractivity contribution in [1.82, 2.24) is 0 Å². The number of rotatable bonds is 3. The zero-order valence-corrected chi connectivity index (χ0v) is 11.1. The van der Waals surface area contributed by atoms with E-state index in [0.29, 0.717) is 11.3 Å². The Morgan fingerprint density at radius 1 is 1.10 bits per heavy atom. The second kappa shape index (κ2) is 5.69. The Bertz CT molecular complexity index is 656. The molecule has 0 saturated carbocycles. The van der Waals surface area contributed by atoms with Crippen LogP contribution in [0, 0.1) is 18.6 Å². The lowest BCUT2D eigenvalue weighted by molar-refractivity contribution is 0.102. The van der Waals surface area contributed by atoms with Crippen LogP contribution in [0.3, 0.4) is 0 Å². The van der Waals surface area contributed by atoms with E-state index in [0.717, 1.165) is 11.6 Å². The van der Waals surface area contributed by atoms with Crippen LogP contribution in [-0.4, -0.2) is 13.0 Å². The highest BCUT2D eigenvalue weighted by Gasteiger charge is 2.14. The standard InChI is InChI=1S/C15H14F2N2O/c1-9-6-7-10(13(8-9)18-2)15(20)19-12-5-3-4-11(16)14(12)17/h3-8,18H,1-2H3,(H,19,20). The highest BCUT2D eigenvalue weighted by atomic mass is 19.2. The lowest BCUT2D eigenvalue weighted by Crippen LogP contribution is -2.15. The van der Waals surface area contributed by atoms with Gasteiger partial charge in [-0.3, -0.25) is 4.79 Å². The summed E-state index contributed by atoms with van der Waals surface area (Å²) in [5, 5.41) is 5.27. The van der Waals surface area contributed by atoms with E-state index in [1.54, 1.807) is 25.2 Å². The van der Waals surface area contributed by atoms with Crippen LogP contribution < -0.4 is 10.6 Å². The van der Waals surface area contributed by atoms with Crippen molar-refractivity contribution in [3.8, 4) is 0 Å². The van der Waals surface area contributed by atoms with Gasteiger partial charge in [0.25, 0.3) is 5.91 Å². The Labute approximate surface area is 115 Å². The summed E-state index contributed by atoms with van der Waals surface area (Å²) in [4.78, 5) is 12.1. The number of nitrogens with one attached hydrogen (secondary N) is 2. The van der Waals surface area contributed by atoms with Gasteiger partial charge in [-0.2, -0.15) is 0 Å². The van der Waals surface area contributed by atoms with E-state index in [4.69, 9.17) is 0 Å². The molecule has 0 heterocycles. The first kappa shape index (κ1) is 14.0. The quantitative estimate of drug-likeness (QED) is 0.899. The van der Waals surface area contributed by atoms with Crippen LogP contribution >= 0.6 is 0 Å². The summed E-state index contributed by atoms with van der Waals surface area (Å²) in [6.07, 6.45) is 0. The van der Waals surface area contributed by atoms with E-state index in [1.807, 2.05) is 6.92 Å². The van der Waals surface area contributed by atoms with Gasteiger partial charge in [0, 0.05) is 12.7 Å². The number of hydrogen-bond acceptors (Lipinski definition) is 2. The molecule has 2 rings (SSSR count). The number of benzene rings is 2. The molecule has 104 valence electrons. The molecule has 3 nitrogen and oxygen atoms in total. The Kier molecular flexibility index (Phi) is 3.98. The third-order valence-corrected chi connectivity index (χ3v) is 2.89. The van der Waals surface area contributed by atoms with Crippen LogP contribution in [0.2, 0.25) is 0 Å². The van der Waals surface area contributed by atoms with E-state index in [2.05, 4.69) is 10.6 Å². The molecular weight excluding hydrogens is 262 g/mol. The number of anilines is 2. The van der Waals surface area contributed by atoms with Crippen molar-refractivity contribution in [1.29, 1.82) is 0 Å². The van der Waals surface area contributed by atoms with E-state index < -0.39 is 17.5 Å². The monoisotopic (exact) mass is 276 g/mol. The summed E-state index contributed by atoms with van der Waals surface area (Å²) in [6.45, 7) is 1.90. The van der Waals surface area contributed by atoms with Gasteiger partial charge in [0.1, 0.15) is 0 Å². The number of carbonyl (C=O) groups is 1. The topological polar surface area (TPSA) is 41.1 Å². The van der Waals surface area contributed by atoms with E-state index in [1.165, 1.54) is 12.1 Å². The maximum absolute atomic E-state index is 13.5. The molecule has 1 amide bonds. The van der Waals surface area contributed by atoms with Crippen molar-refractivity contribution in [3.63, 3.8) is 0 Å². The molecule has 0 aromatic heterocycles. The zero-order valence-electron chi connectivity index (χ0n) is 11.1.